The van der Waals surface area contributed by atoms with Crippen molar-refractivity contribution in [3.63, 3.8) is 0 Å². The molecule has 1 saturated carbocycles. The Hall–Kier alpha value is -1.73. The van der Waals surface area contributed by atoms with Crippen LogP contribution in [0.15, 0.2) is 12.5 Å². The Bertz CT molecular complexity index is 875. The van der Waals surface area contributed by atoms with Gasteiger partial charge in [-0.25, -0.2) is 19.2 Å². The number of fused-ring (bicyclic) bond motifs is 1. The second-order valence-electron chi connectivity index (χ2n) is 6.89. The maximum Gasteiger partial charge on any atom is 0.509 e. The summed E-state index contributed by atoms with van der Waals surface area (Å²) in [4.78, 5) is 20.2. The van der Waals surface area contributed by atoms with Crippen LogP contribution in [0.5, 0.6) is 0 Å². The molecular formula is C17H20FIN4O5. The number of halogens is 2. The lowest BCUT2D eigenvalue weighted by Crippen LogP contribution is -2.36. The number of aliphatic hydroxyl groups excluding tert-OH is 1. The van der Waals surface area contributed by atoms with E-state index in [1.807, 2.05) is 0 Å². The number of anilines is 1. The Morgan fingerprint density at radius 1 is 1.39 bits per heavy atom. The number of nitrogen functional groups attached to an aromatic ring is 1. The highest BCUT2D eigenvalue weighted by Gasteiger charge is 2.49. The monoisotopic (exact) mass is 506 g/mol. The van der Waals surface area contributed by atoms with Crippen LogP contribution < -0.4 is 5.73 Å². The molecule has 2 aromatic rings. The van der Waals surface area contributed by atoms with E-state index < -0.39 is 37.4 Å². The van der Waals surface area contributed by atoms with Crippen LogP contribution in [0.1, 0.15) is 31.9 Å². The Kier molecular flexibility index (Phi) is 5.56. The van der Waals surface area contributed by atoms with Crippen LogP contribution in [0, 0.1) is 3.57 Å². The van der Waals surface area contributed by atoms with E-state index in [9.17, 15) is 9.90 Å². The Balaban J connectivity index is 1.55. The van der Waals surface area contributed by atoms with E-state index in [1.165, 1.54) is 10.9 Å². The first-order chi connectivity index (χ1) is 13.5. The number of nitrogens with zero attached hydrogens (tertiary/aromatic N) is 3. The lowest BCUT2D eigenvalue weighted by molar-refractivity contribution is -0.0600. The Morgan fingerprint density at radius 2 is 2.14 bits per heavy atom. The third-order valence-electron chi connectivity index (χ3n) is 5.11. The lowest BCUT2D eigenvalue weighted by Gasteiger charge is -2.19. The van der Waals surface area contributed by atoms with Gasteiger partial charge in [-0.3, -0.25) is 0 Å². The fourth-order valence-corrected chi connectivity index (χ4v) is 4.56. The van der Waals surface area contributed by atoms with Crippen molar-refractivity contribution in [1.29, 1.82) is 0 Å². The highest BCUT2D eigenvalue weighted by molar-refractivity contribution is 14.1. The molecule has 1 aliphatic carbocycles. The maximum atomic E-state index is 15.2. The van der Waals surface area contributed by atoms with E-state index in [2.05, 4.69) is 32.6 Å². The second kappa shape index (κ2) is 7.95. The Morgan fingerprint density at radius 3 is 2.86 bits per heavy atom. The van der Waals surface area contributed by atoms with E-state index in [4.69, 9.17) is 19.9 Å². The summed E-state index contributed by atoms with van der Waals surface area (Å²) in [6, 6.07) is 0. The molecule has 3 heterocycles. The fraction of sp³-hybridized carbons (Fsp3) is 0.588. The third kappa shape index (κ3) is 3.50. The second-order valence-corrected chi connectivity index (χ2v) is 8.05. The van der Waals surface area contributed by atoms with Gasteiger partial charge in [-0.2, -0.15) is 0 Å². The average molecular weight is 506 g/mol. The molecule has 2 fully saturated rings. The molecule has 9 nitrogen and oxygen atoms in total. The van der Waals surface area contributed by atoms with Gasteiger partial charge in [-0.05, 0) is 48.3 Å². The molecule has 3 N–H and O–H groups in total. The van der Waals surface area contributed by atoms with E-state index >= 15 is 4.39 Å². The fourth-order valence-electron chi connectivity index (χ4n) is 3.74. The highest BCUT2D eigenvalue weighted by atomic mass is 127. The number of alkyl halides is 1. The molecule has 0 amide bonds. The van der Waals surface area contributed by atoms with Gasteiger partial charge in [0.1, 0.15) is 30.0 Å². The van der Waals surface area contributed by atoms with Crippen LogP contribution in [0.2, 0.25) is 0 Å². The number of carbonyl (C=O) groups is 1. The minimum absolute atomic E-state index is 0.203. The van der Waals surface area contributed by atoms with Crippen LogP contribution in [0.4, 0.5) is 15.0 Å². The highest BCUT2D eigenvalue weighted by Crippen LogP contribution is 2.38. The SMILES string of the molecule is Nc1ncnc2c1c(I)cn2[C@@H]1O[C@H](CO)[C@@H](OC(=O)OC2CCCC2)[C@@H]1F. The molecule has 2 aromatic heterocycles. The summed E-state index contributed by atoms with van der Waals surface area (Å²) < 4.78 is 33.5. The standard InChI is InChI=1S/C17H20FIN4O5/c18-12-13(28-17(25)26-8-3-1-2-4-8)10(6-24)27-16(12)23-5-9(19)11-14(20)21-7-22-15(11)23/h5,7-8,10,12-13,16,24H,1-4,6H2,(H2,20,21,22)/t10-,12+,13-,16-/m1/s1. The summed E-state index contributed by atoms with van der Waals surface area (Å²) in [5.74, 6) is 0.271. The first-order valence-electron chi connectivity index (χ1n) is 9.03. The number of ether oxygens (including phenoxy) is 3. The molecule has 0 radical (unpaired) electrons. The smallest absolute Gasteiger partial charge is 0.431 e. The zero-order chi connectivity index (χ0) is 19.8. The van der Waals surface area contributed by atoms with Gasteiger partial charge in [0.25, 0.3) is 0 Å². The summed E-state index contributed by atoms with van der Waals surface area (Å²) in [5, 5.41) is 10.2. The molecule has 152 valence electrons. The van der Waals surface area contributed by atoms with Crippen molar-refractivity contribution in [3.8, 4) is 0 Å². The number of hydrogen-bond donors (Lipinski definition) is 2. The predicted octanol–water partition coefficient (Wildman–Crippen LogP) is 2.31. The van der Waals surface area contributed by atoms with Crippen LogP contribution in [-0.2, 0) is 14.2 Å². The van der Waals surface area contributed by atoms with E-state index in [-0.39, 0.29) is 11.9 Å². The van der Waals surface area contributed by atoms with Gasteiger partial charge < -0.3 is 29.6 Å². The van der Waals surface area contributed by atoms with Gasteiger partial charge in [0.05, 0.1) is 12.0 Å². The molecule has 2 aliphatic rings. The normalized spacial score (nSPS) is 28.1. The van der Waals surface area contributed by atoms with Crippen molar-refractivity contribution < 1.29 is 28.5 Å². The molecule has 11 heteroatoms. The van der Waals surface area contributed by atoms with Crippen molar-refractivity contribution in [3.05, 3.63) is 16.1 Å². The van der Waals surface area contributed by atoms with Gasteiger partial charge in [-0.15, -0.1) is 0 Å². The number of hydrogen-bond acceptors (Lipinski definition) is 8. The summed E-state index contributed by atoms with van der Waals surface area (Å²) >= 11 is 2.05. The first-order valence-corrected chi connectivity index (χ1v) is 10.1. The van der Waals surface area contributed by atoms with Crippen molar-refractivity contribution in [2.24, 2.45) is 0 Å². The molecule has 0 bridgehead atoms. The van der Waals surface area contributed by atoms with Crippen LogP contribution in [0.3, 0.4) is 0 Å². The van der Waals surface area contributed by atoms with E-state index in [0.29, 0.717) is 11.0 Å². The zero-order valence-corrected chi connectivity index (χ0v) is 17.0. The van der Waals surface area contributed by atoms with Gasteiger partial charge in [-0.1, -0.05) is 0 Å². The molecule has 28 heavy (non-hydrogen) atoms. The minimum atomic E-state index is -1.73. The van der Waals surface area contributed by atoms with Crippen molar-refractivity contribution >= 4 is 45.6 Å². The van der Waals surface area contributed by atoms with Crippen LogP contribution in [0.25, 0.3) is 11.0 Å². The van der Waals surface area contributed by atoms with Crippen molar-refractivity contribution in [2.75, 3.05) is 12.3 Å². The zero-order valence-electron chi connectivity index (χ0n) is 14.8. The summed E-state index contributed by atoms with van der Waals surface area (Å²) in [6.45, 7) is -0.508. The number of carbonyl (C=O) groups excluding carboxylic acids is 1. The number of rotatable bonds is 4. The Labute approximate surface area is 173 Å². The lowest BCUT2D eigenvalue weighted by atomic mass is 10.1. The molecular weight excluding hydrogens is 486 g/mol. The van der Waals surface area contributed by atoms with E-state index in [0.717, 1.165) is 29.3 Å². The van der Waals surface area contributed by atoms with Gasteiger partial charge in [0.2, 0.25) is 0 Å². The van der Waals surface area contributed by atoms with Crippen molar-refractivity contribution in [2.45, 2.75) is 56.4 Å². The largest absolute Gasteiger partial charge is 0.509 e. The average Bonchev–Trinajstić information content (AvgIpc) is 3.36. The topological polar surface area (TPSA) is 122 Å². The van der Waals surface area contributed by atoms with Crippen LogP contribution >= 0.6 is 22.6 Å². The van der Waals surface area contributed by atoms with Gasteiger partial charge >= 0.3 is 6.16 Å². The molecule has 1 aliphatic heterocycles. The van der Waals surface area contributed by atoms with Crippen molar-refractivity contribution in [1.82, 2.24) is 14.5 Å². The molecule has 4 atom stereocenters. The molecule has 0 unspecified atom stereocenters. The third-order valence-corrected chi connectivity index (χ3v) is 5.93. The molecule has 1 saturated heterocycles. The quantitative estimate of drug-likeness (QED) is 0.479. The summed E-state index contributed by atoms with van der Waals surface area (Å²) in [7, 11) is 0. The first kappa shape index (κ1) is 19.6. The summed E-state index contributed by atoms with van der Waals surface area (Å²) in [6.07, 6.45) is 0.119. The number of aromatic nitrogens is 3. The molecule has 0 aromatic carbocycles. The van der Waals surface area contributed by atoms with E-state index in [1.54, 1.807) is 6.20 Å². The molecule has 4 rings (SSSR count). The number of nitrogens with two attached hydrogens (primary N) is 1. The number of aliphatic hydroxyl groups is 1. The minimum Gasteiger partial charge on any atom is -0.431 e. The predicted molar refractivity (Wildman–Crippen MR) is 104 cm³/mol. The summed E-state index contributed by atoms with van der Waals surface area (Å²) in [5.41, 5.74) is 6.30. The van der Waals surface area contributed by atoms with Gasteiger partial charge in [0.15, 0.2) is 18.5 Å². The van der Waals surface area contributed by atoms with Crippen LogP contribution in [-0.4, -0.2) is 56.9 Å². The van der Waals surface area contributed by atoms with Gasteiger partial charge in [0, 0.05) is 9.77 Å². The molecule has 0 spiro atoms. The maximum absolute atomic E-state index is 15.2.